The molecule has 0 saturated heterocycles. The zero-order chi connectivity index (χ0) is 53.1. The van der Waals surface area contributed by atoms with E-state index in [2.05, 4.69) is 61.7 Å². The number of benzene rings is 4. The molecule has 4 aromatic carbocycles. The van der Waals surface area contributed by atoms with Crippen LogP contribution in [0.5, 0.6) is 11.5 Å². The van der Waals surface area contributed by atoms with E-state index >= 15 is 0 Å². The zero-order valence-electron chi connectivity index (χ0n) is 39.8. The second kappa shape index (κ2) is 20.6. The lowest BCUT2D eigenvalue weighted by molar-refractivity contribution is -0.121. The van der Waals surface area contributed by atoms with E-state index in [4.69, 9.17) is 20.9 Å². The predicted molar refractivity (Wildman–Crippen MR) is 272 cm³/mol. The van der Waals surface area contributed by atoms with Crippen molar-refractivity contribution in [3.63, 3.8) is 0 Å². The van der Waals surface area contributed by atoms with Gasteiger partial charge < -0.3 is 41.8 Å². The molecule has 8 aromatic rings. The fourth-order valence-electron chi connectivity index (χ4n) is 7.04. The zero-order valence-corrected chi connectivity index (χ0v) is 41.5. The number of carbonyl (C=O) groups excluding carboxylic acids is 3. The summed E-state index contributed by atoms with van der Waals surface area (Å²) in [6, 6.07) is 21.2. The first-order valence-electron chi connectivity index (χ1n) is 21.7. The third-order valence-corrected chi connectivity index (χ3v) is 12.1. The maximum atomic E-state index is 13.3. The highest BCUT2D eigenvalue weighted by Crippen LogP contribution is 2.41. The molecule has 4 aromatic heterocycles. The van der Waals surface area contributed by atoms with Gasteiger partial charge in [-0.2, -0.15) is 10.2 Å². The molecule has 0 unspecified atom stereocenters. The molecule has 0 saturated carbocycles. The number of aromatic nitrogens is 8. The fraction of sp³-hybridized carbons (Fsp3) is 0.170. The number of rotatable bonds is 16. The molecule has 0 radical (unpaired) electrons. The molecule has 0 fully saturated rings. The van der Waals surface area contributed by atoms with Crippen LogP contribution in [0.1, 0.15) is 73.6 Å². The number of nitrogen functional groups attached to an aromatic ring is 2. The van der Waals surface area contributed by atoms with Crippen LogP contribution in [0, 0.1) is 0 Å². The highest BCUT2D eigenvalue weighted by atomic mass is 32.1. The van der Waals surface area contributed by atoms with Gasteiger partial charge in [-0.05, 0) is 48.5 Å². The largest absolute Gasteiger partial charge is 0.478 e. The first kappa shape index (κ1) is 50.7. The van der Waals surface area contributed by atoms with E-state index < -0.39 is 28.8 Å². The summed E-state index contributed by atoms with van der Waals surface area (Å²) in [5, 5.41) is 69.8. The van der Waals surface area contributed by atoms with Crippen LogP contribution in [0.25, 0.3) is 32.5 Å². The maximum Gasteiger partial charge on any atom is 0.335 e. The quantitative estimate of drug-likeness (QED) is 0.0387. The number of urea groups is 1. The number of azo groups is 2. The van der Waals surface area contributed by atoms with Crippen LogP contribution >= 0.6 is 22.7 Å². The number of carbonyl (C=O) groups is 5. The molecular weight excluding hydrogens is 997 g/mol. The first-order valence-corrected chi connectivity index (χ1v) is 23.4. The van der Waals surface area contributed by atoms with Crippen molar-refractivity contribution in [3.05, 3.63) is 107 Å². The average molecular weight is 1040 g/mol. The van der Waals surface area contributed by atoms with E-state index in [1.807, 2.05) is 41.5 Å². The van der Waals surface area contributed by atoms with Crippen molar-refractivity contribution < 1.29 is 43.7 Å². The Balaban J connectivity index is 0.947. The van der Waals surface area contributed by atoms with E-state index in [0.717, 1.165) is 22.7 Å². The van der Waals surface area contributed by atoms with Crippen LogP contribution < -0.4 is 31.6 Å². The van der Waals surface area contributed by atoms with Crippen LogP contribution in [-0.4, -0.2) is 81.1 Å². The van der Waals surface area contributed by atoms with Gasteiger partial charge >= 0.3 is 18.0 Å². The minimum absolute atomic E-state index is 0.0245. The molecule has 4 heterocycles. The first-order chi connectivity index (χ1) is 35.2. The highest BCUT2D eigenvalue weighted by Gasteiger charge is 2.29. The topological polar surface area (TPSA) is 357 Å². The van der Waals surface area contributed by atoms with Gasteiger partial charge in [-0.3, -0.25) is 9.59 Å². The molecule has 25 nitrogen and oxygen atoms in total. The third kappa shape index (κ3) is 11.3. The van der Waals surface area contributed by atoms with Crippen LogP contribution in [0.2, 0.25) is 0 Å². The van der Waals surface area contributed by atoms with Crippen LogP contribution in [0.15, 0.2) is 105 Å². The molecule has 27 heteroatoms. The van der Waals surface area contributed by atoms with Gasteiger partial charge in [-0.1, -0.05) is 88.5 Å². The fourth-order valence-corrected chi connectivity index (χ4v) is 8.36. The molecule has 8 N–H and O–H groups in total. The minimum atomic E-state index is -1.25. The van der Waals surface area contributed by atoms with Crippen molar-refractivity contribution in [2.24, 2.45) is 20.5 Å². The van der Waals surface area contributed by atoms with Gasteiger partial charge in [0.2, 0.25) is 0 Å². The Morgan fingerprint density at radius 2 is 1.00 bits per heavy atom. The number of carboxylic acids is 2. The Kier molecular flexibility index (Phi) is 14.1. The van der Waals surface area contributed by atoms with E-state index in [1.165, 1.54) is 45.8 Å². The number of nitrogens with two attached hydrogens (primary N) is 2. The summed E-state index contributed by atoms with van der Waals surface area (Å²) < 4.78 is 12.4. The van der Waals surface area contributed by atoms with Gasteiger partial charge in [-0.15, -0.1) is 40.9 Å². The Hall–Kier alpha value is -9.63. The number of amides is 2. The molecule has 74 heavy (non-hydrogen) atoms. The molecule has 0 aliphatic rings. The molecule has 0 aliphatic carbocycles. The second-order valence-electron chi connectivity index (χ2n) is 17.9. The molecule has 0 aliphatic heterocycles. The molecular formula is C47H42N16O9S2. The highest BCUT2D eigenvalue weighted by molar-refractivity contribution is 7.18. The summed E-state index contributed by atoms with van der Waals surface area (Å²) in [5.41, 5.74) is 15.5. The summed E-state index contributed by atoms with van der Waals surface area (Å²) >= 11 is 2.25. The normalized spacial score (nSPS) is 11.8. The summed E-state index contributed by atoms with van der Waals surface area (Å²) in [4.78, 5) is 59.1. The average Bonchev–Trinajstić information content (AvgIpc) is 4.16. The van der Waals surface area contributed by atoms with Gasteiger partial charge in [0.25, 0.3) is 23.2 Å². The standard InChI is InChI=1S/C47H42N16O9S2/c1-46(2,3)35-33(37(48)62(60-35)29-15-25(41(66)67)17-31(19-29)71-21-64)52-56-44-58-54-39(73-44)23-9-7-11-27(13-23)50-43(70)51-28-12-8-10-24(14-28)40-55-59-45(74-40)57-53-34-36(47(4,5)6)61-63(38(34)49)30-16-26(42(68)69)18-32(20-30)72-22-65/h7-22H,48-49H2,1-6H3,(H,66,67)(H,68,69)(H2,50,51,70). The Morgan fingerprint density at radius 3 is 1.36 bits per heavy atom. The predicted octanol–water partition coefficient (Wildman–Crippen LogP) is 9.80. The van der Waals surface area contributed by atoms with Gasteiger partial charge in [0.05, 0.1) is 33.9 Å². The van der Waals surface area contributed by atoms with Crippen molar-refractivity contribution in [1.29, 1.82) is 0 Å². The Labute approximate surface area is 426 Å². The molecule has 0 bridgehead atoms. The number of nitrogens with zero attached hydrogens (tertiary/aromatic N) is 12. The summed E-state index contributed by atoms with van der Waals surface area (Å²) in [6.07, 6.45) is 0. The Morgan fingerprint density at radius 1 is 0.595 bits per heavy atom. The summed E-state index contributed by atoms with van der Waals surface area (Å²) in [6.45, 7) is 11.7. The summed E-state index contributed by atoms with van der Waals surface area (Å²) in [7, 11) is 0. The molecule has 0 spiro atoms. The van der Waals surface area contributed by atoms with E-state index in [-0.39, 0.29) is 80.2 Å². The summed E-state index contributed by atoms with van der Waals surface area (Å²) in [5.74, 6) is -2.47. The van der Waals surface area contributed by atoms with Gasteiger partial charge in [0.1, 0.15) is 21.5 Å². The van der Waals surface area contributed by atoms with Crippen molar-refractivity contribution in [1.82, 2.24) is 40.0 Å². The molecule has 376 valence electrons. The number of hydrogen-bond acceptors (Lipinski definition) is 21. The molecule has 8 rings (SSSR count). The van der Waals surface area contributed by atoms with Crippen molar-refractivity contribution >= 4 is 98.2 Å². The van der Waals surface area contributed by atoms with Crippen molar-refractivity contribution in [3.8, 4) is 44.0 Å². The lowest BCUT2D eigenvalue weighted by Crippen LogP contribution is -2.19. The van der Waals surface area contributed by atoms with Gasteiger partial charge in [0, 0.05) is 45.5 Å². The van der Waals surface area contributed by atoms with Crippen molar-refractivity contribution in [2.45, 2.75) is 52.4 Å². The molecule has 2 amide bonds. The van der Waals surface area contributed by atoms with E-state index in [9.17, 15) is 34.2 Å². The third-order valence-electron chi connectivity index (χ3n) is 10.4. The minimum Gasteiger partial charge on any atom is -0.478 e. The number of carboxylic acid groups (broad SMARTS) is 2. The Bertz CT molecular complexity index is 3340. The number of aromatic carboxylic acids is 2. The lowest BCUT2D eigenvalue weighted by Gasteiger charge is -2.15. The van der Waals surface area contributed by atoms with Crippen LogP contribution in [-0.2, 0) is 20.4 Å². The maximum absolute atomic E-state index is 13.3. The van der Waals surface area contributed by atoms with E-state index in [0.29, 0.717) is 43.9 Å². The number of nitrogens with one attached hydrogen (secondary N) is 2. The van der Waals surface area contributed by atoms with Crippen LogP contribution in [0.3, 0.4) is 0 Å². The van der Waals surface area contributed by atoms with Gasteiger partial charge in [-0.25, -0.2) is 23.7 Å². The lowest BCUT2D eigenvalue weighted by atomic mass is 9.91. The monoisotopic (exact) mass is 1040 g/mol. The smallest absolute Gasteiger partial charge is 0.335 e. The van der Waals surface area contributed by atoms with Crippen molar-refractivity contribution in [2.75, 3.05) is 22.1 Å². The second-order valence-corrected chi connectivity index (χ2v) is 19.8. The van der Waals surface area contributed by atoms with Crippen LogP contribution in [0.4, 0.5) is 49.4 Å². The van der Waals surface area contributed by atoms with E-state index in [1.54, 1.807) is 48.5 Å². The van der Waals surface area contributed by atoms with Gasteiger partial charge in [0.15, 0.2) is 23.0 Å². The molecule has 0 atom stereocenters. The number of anilines is 4. The SMILES string of the molecule is CC(C)(C)c1nn(-c2cc(OC=O)cc(C(=O)O)c2)c(N)c1N=Nc1nnc(-c2cccc(NC(=O)Nc3cccc(-c4nnc(N=Nc5c(C(C)(C)C)nn(-c6cc(OC=O)cc(C(=O)O)c6)c5N)s4)c3)c2)s1. The number of ether oxygens (including phenoxy) is 2. The number of hydrogen-bond donors (Lipinski definition) is 6.